The third-order valence-corrected chi connectivity index (χ3v) is 6.10. The summed E-state index contributed by atoms with van der Waals surface area (Å²) in [6.07, 6.45) is 0. The van der Waals surface area contributed by atoms with E-state index in [-0.39, 0.29) is 5.92 Å². The Morgan fingerprint density at radius 2 is 1.74 bits per heavy atom. The second-order valence-corrected chi connectivity index (χ2v) is 8.11. The Labute approximate surface area is 183 Å². The van der Waals surface area contributed by atoms with E-state index in [4.69, 9.17) is 9.47 Å². The van der Waals surface area contributed by atoms with Gasteiger partial charge in [-0.05, 0) is 65.4 Å². The van der Waals surface area contributed by atoms with Crippen LogP contribution >= 0.6 is 0 Å². The maximum Gasteiger partial charge on any atom is 0.118 e. The molecule has 0 saturated carbocycles. The van der Waals surface area contributed by atoms with Crippen LogP contribution in [-0.2, 0) is 25.0 Å². The minimum absolute atomic E-state index is 0.257. The summed E-state index contributed by atoms with van der Waals surface area (Å²) in [7, 11) is 3.60. The molecule has 0 radical (unpaired) electrons. The molecular formula is C26H29N3O2. The molecule has 1 unspecified atom stereocenters. The molecule has 4 aromatic rings. The minimum atomic E-state index is 0.257. The van der Waals surface area contributed by atoms with E-state index in [0.29, 0.717) is 13.2 Å². The Morgan fingerprint density at radius 1 is 0.968 bits per heavy atom. The first-order valence-corrected chi connectivity index (χ1v) is 10.6. The van der Waals surface area contributed by atoms with Gasteiger partial charge >= 0.3 is 0 Å². The lowest BCUT2D eigenvalue weighted by atomic mass is 9.88. The van der Waals surface area contributed by atoms with E-state index in [1.54, 1.807) is 7.11 Å². The van der Waals surface area contributed by atoms with Crippen LogP contribution in [-0.4, -0.2) is 22.1 Å². The maximum absolute atomic E-state index is 6.02. The van der Waals surface area contributed by atoms with Crippen molar-refractivity contribution in [3.63, 3.8) is 0 Å². The molecule has 1 aromatic heterocycles. The summed E-state index contributed by atoms with van der Waals surface area (Å²) in [6.45, 7) is 7.68. The largest absolute Gasteiger partial charge is 0.497 e. The van der Waals surface area contributed by atoms with Crippen LogP contribution in [0.2, 0.25) is 0 Å². The second kappa shape index (κ2) is 8.90. The van der Waals surface area contributed by atoms with Gasteiger partial charge in [-0.3, -0.25) is 0 Å². The van der Waals surface area contributed by atoms with Gasteiger partial charge in [-0.1, -0.05) is 48.5 Å². The highest BCUT2D eigenvalue weighted by Gasteiger charge is 2.16. The molecule has 0 fully saturated rings. The topological polar surface area (TPSA) is 49.2 Å². The van der Waals surface area contributed by atoms with Gasteiger partial charge in [-0.2, -0.15) is 0 Å². The molecule has 0 aliphatic heterocycles. The van der Waals surface area contributed by atoms with Gasteiger partial charge in [0, 0.05) is 13.0 Å². The van der Waals surface area contributed by atoms with Gasteiger partial charge in [-0.15, -0.1) is 5.10 Å². The van der Waals surface area contributed by atoms with Crippen LogP contribution in [0.3, 0.4) is 0 Å². The number of aromatic nitrogens is 3. The third-order valence-electron chi connectivity index (χ3n) is 6.10. The van der Waals surface area contributed by atoms with Crippen LogP contribution in [0.5, 0.6) is 5.75 Å². The van der Waals surface area contributed by atoms with Crippen molar-refractivity contribution in [2.45, 2.75) is 39.9 Å². The zero-order chi connectivity index (χ0) is 22.0. The summed E-state index contributed by atoms with van der Waals surface area (Å²) in [5, 5.41) is 8.52. The molecule has 160 valence electrons. The third kappa shape index (κ3) is 4.32. The molecule has 4 rings (SSSR count). The number of hydrogen-bond acceptors (Lipinski definition) is 4. The molecule has 5 heteroatoms. The lowest BCUT2D eigenvalue weighted by molar-refractivity contribution is 0.106. The Bertz CT molecular complexity index is 1200. The van der Waals surface area contributed by atoms with Gasteiger partial charge in [0.15, 0.2) is 0 Å². The summed E-state index contributed by atoms with van der Waals surface area (Å²) in [5.41, 5.74) is 9.38. The molecule has 31 heavy (non-hydrogen) atoms. The molecule has 0 aliphatic carbocycles. The van der Waals surface area contributed by atoms with Gasteiger partial charge < -0.3 is 9.47 Å². The zero-order valence-corrected chi connectivity index (χ0v) is 18.8. The lowest BCUT2D eigenvalue weighted by Gasteiger charge is -2.18. The van der Waals surface area contributed by atoms with E-state index < -0.39 is 0 Å². The smallest absolute Gasteiger partial charge is 0.118 e. The van der Waals surface area contributed by atoms with Crippen molar-refractivity contribution in [3.05, 3.63) is 88.0 Å². The summed E-state index contributed by atoms with van der Waals surface area (Å²) < 4.78 is 13.1. The summed E-state index contributed by atoms with van der Waals surface area (Å²) in [6, 6.07) is 19.0. The van der Waals surface area contributed by atoms with E-state index in [0.717, 1.165) is 22.3 Å². The zero-order valence-electron chi connectivity index (χ0n) is 18.8. The van der Waals surface area contributed by atoms with E-state index in [2.05, 4.69) is 61.4 Å². The van der Waals surface area contributed by atoms with Crippen LogP contribution < -0.4 is 4.74 Å². The predicted octanol–water partition coefficient (Wildman–Crippen LogP) is 5.46. The van der Waals surface area contributed by atoms with Crippen LogP contribution in [0.15, 0.2) is 54.6 Å². The monoisotopic (exact) mass is 415 g/mol. The molecular weight excluding hydrogens is 386 g/mol. The highest BCUT2D eigenvalue weighted by molar-refractivity contribution is 5.79. The van der Waals surface area contributed by atoms with Crippen LogP contribution in [0, 0.1) is 13.8 Å². The molecule has 0 amide bonds. The van der Waals surface area contributed by atoms with Crippen LogP contribution in [0.4, 0.5) is 0 Å². The highest BCUT2D eigenvalue weighted by atomic mass is 16.5. The number of hydrogen-bond donors (Lipinski definition) is 0. The average molecular weight is 416 g/mol. The molecule has 5 nitrogen and oxygen atoms in total. The van der Waals surface area contributed by atoms with E-state index in [1.165, 1.54) is 27.8 Å². The minimum Gasteiger partial charge on any atom is -0.497 e. The highest BCUT2D eigenvalue weighted by Crippen LogP contribution is 2.31. The quantitative estimate of drug-likeness (QED) is 0.402. The van der Waals surface area contributed by atoms with E-state index >= 15 is 0 Å². The van der Waals surface area contributed by atoms with Gasteiger partial charge in [0.05, 0.1) is 25.8 Å². The Kier molecular flexibility index (Phi) is 6.05. The maximum atomic E-state index is 6.02. The fourth-order valence-electron chi connectivity index (χ4n) is 4.01. The Morgan fingerprint density at radius 3 is 2.48 bits per heavy atom. The first-order chi connectivity index (χ1) is 15.0. The van der Waals surface area contributed by atoms with E-state index in [1.807, 2.05) is 36.0 Å². The molecule has 0 spiro atoms. The summed E-state index contributed by atoms with van der Waals surface area (Å²) in [4.78, 5) is 0. The van der Waals surface area contributed by atoms with Crippen molar-refractivity contribution in [2.75, 3.05) is 7.11 Å². The number of ether oxygens (including phenoxy) is 2. The average Bonchev–Trinajstić information content (AvgIpc) is 3.17. The standard InChI is InChI=1S/C26H29N3O2/c1-17-6-9-21(14-22(17)16-31-15-20-7-10-23(30-5)11-8-20)18(2)24-12-13-25-26(19(24)3)27-28-29(25)4/h6-14,18H,15-16H2,1-5H3. The fraction of sp³-hybridized carbons (Fsp3) is 0.308. The molecule has 0 N–H and O–H groups in total. The molecule has 1 heterocycles. The fourth-order valence-corrected chi connectivity index (χ4v) is 4.01. The number of benzene rings is 3. The van der Waals surface area contributed by atoms with Gasteiger partial charge in [0.1, 0.15) is 11.3 Å². The van der Waals surface area contributed by atoms with Gasteiger partial charge in [-0.25, -0.2) is 4.68 Å². The Balaban J connectivity index is 1.51. The summed E-state index contributed by atoms with van der Waals surface area (Å²) in [5.74, 6) is 1.11. The van der Waals surface area contributed by atoms with Crippen LogP contribution in [0.1, 0.15) is 46.2 Å². The van der Waals surface area contributed by atoms with Crippen molar-refractivity contribution in [1.82, 2.24) is 15.0 Å². The number of nitrogens with zero attached hydrogens (tertiary/aromatic N) is 3. The normalized spacial score (nSPS) is 12.3. The van der Waals surface area contributed by atoms with Crippen molar-refractivity contribution >= 4 is 11.0 Å². The molecule has 0 saturated heterocycles. The number of rotatable bonds is 7. The molecule has 0 bridgehead atoms. The Hall–Kier alpha value is -3.18. The number of fused-ring (bicyclic) bond motifs is 1. The number of aryl methyl sites for hydroxylation is 3. The van der Waals surface area contributed by atoms with Gasteiger partial charge in [0.2, 0.25) is 0 Å². The van der Waals surface area contributed by atoms with Gasteiger partial charge in [0.25, 0.3) is 0 Å². The number of methoxy groups -OCH3 is 1. The van der Waals surface area contributed by atoms with E-state index in [9.17, 15) is 0 Å². The first kappa shape index (κ1) is 21.1. The predicted molar refractivity (Wildman–Crippen MR) is 123 cm³/mol. The van der Waals surface area contributed by atoms with Crippen molar-refractivity contribution in [1.29, 1.82) is 0 Å². The second-order valence-electron chi connectivity index (χ2n) is 8.11. The van der Waals surface area contributed by atoms with Crippen LogP contribution in [0.25, 0.3) is 11.0 Å². The lowest BCUT2D eigenvalue weighted by Crippen LogP contribution is -2.03. The van der Waals surface area contributed by atoms with Crippen molar-refractivity contribution in [2.24, 2.45) is 7.05 Å². The first-order valence-electron chi connectivity index (χ1n) is 10.6. The molecule has 3 aromatic carbocycles. The SMILES string of the molecule is COc1ccc(COCc2cc(C(C)c3ccc4c(nnn4C)c3C)ccc2C)cc1. The van der Waals surface area contributed by atoms with Crippen molar-refractivity contribution < 1.29 is 9.47 Å². The summed E-state index contributed by atoms with van der Waals surface area (Å²) >= 11 is 0. The molecule has 1 atom stereocenters. The van der Waals surface area contributed by atoms with Crippen molar-refractivity contribution in [3.8, 4) is 5.75 Å². The molecule has 0 aliphatic rings.